The van der Waals surface area contributed by atoms with Crippen LogP contribution in [0.5, 0.6) is 6.01 Å². The Labute approximate surface area is 143 Å². The molecule has 0 bridgehead atoms. The maximum absolute atomic E-state index is 12.4. The highest BCUT2D eigenvalue weighted by Gasteiger charge is 2.54. The van der Waals surface area contributed by atoms with Crippen molar-refractivity contribution in [3.05, 3.63) is 16.3 Å². The summed E-state index contributed by atoms with van der Waals surface area (Å²) in [6.07, 6.45) is 0.285. The molecule has 2 heterocycles. The molecule has 1 N–H and O–H groups in total. The summed E-state index contributed by atoms with van der Waals surface area (Å²) in [6, 6.07) is -1.33. The van der Waals surface area contributed by atoms with Crippen LogP contribution in [-0.2, 0) is 16.1 Å². The Morgan fingerprint density at radius 1 is 1.56 bits per heavy atom. The van der Waals surface area contributed by atoms with Gasteiger partial charge in [0.15, 0.2) is 0 Å². The molecule has 25 heavy (non-hydrogen) atoms. The van der Waals surface area contributed by atoms with Gasteiger partial charge in [-0.1, -0.05) is 20.8 Å². The number of aliphatic carboxylic acids is 1. The molecule has 0 spiro atoms. The molecule has 138 valence electrons. The molecule has 0 aliphatic carbocycles. The minimum absolute atomic E-state index is 0.0296. The van der Waals surface area contributed by atoms with Crippen molar-refractivity contribution in [3.8, 4) is 6.01 Å². The summed E-state index contributed by atoms with van der Waals surface area (Å²) in [5.41, 5.74) is -2.26. The molecule has 0 aromatic carbocycles. The smallest absolute Gasteiger partial charge is 0.416 e. The summed E-state index contributed by atoms with van der Waals surface area (Å²) in [5.74, 6) is -1.62. The Kier molecular flexibility index (Phi) is 4.36. The fourth-order valence-corrected chi connectivity index (χ4v) is 2.88. The zero-order valence-corrected chi connectivity index (χ0v) is 14.5. The number of amides is 1. The zero-order chi connectivity index (χ0) is 19.2. The van der Waals surface area contributed by atoms with Crippen molar-refractivity contribution >= 4 is 17.9 Å². The molecule has 0 saturated heterocycles. The van der Waals surface area contributed by atoms with Gasteiger partial charge < -0.3 is 24.7 Å². The molecule has 1 amide bonds. The molecule has 2 atom stereocenters. The van der Waals surface area contributed by atoms with Crippen molar-refractivity contribution in [3.63, 3.8) is 0 Å². The van der Waals surface area contributed by atoms with Gasteiger partial charge in [-0.25, -0.2) is 9.59 Å². The number of hydrogen-bond acceptors (Lipinski definition) is 7. The summed E-state index contributed by atoms with van der Waals surface area (Å²) in [5, 5.41) is 20.5. The number of aromatic nitrogens is 2. The second kappa shape index (κ2) is 5.90. The average Bonchev–Trinajstić information content (AvgIpc) is 2.97. The number of carboxylic acids is 1. The summed E-state index contributed by atoms with van der Waals surface area (Å²) < 4.78 is 11.8. The summed E-state index contributed by atoms with van der Waals surface area (Å²) in [4.78, 5) is 39.1. The van der Waals surface area contributed by atoms with Gasteiger partial charge in [0.1, 0.15) is 12.2 Å². The lowest BCUT2D eigenvalue weighted by Crippen LogP contribution is -2.63. The van der Waals surface area contributed by atoms with Gasteiger partial charge in [-0.3, -0.25) is 9.47 Å². The highest BCUT2D eigenvalue weighted by atomic mass is 16.6. The van der Waals surface area contributed by atoms with Gasteiger partial charge in [-0.2, -0.15) is 0 Å². The second-order valence-corrected chi connectivity index (χ2v) is 6.99. The molecule has 1 aliphatic rings. The quantitative estimate of drug-likeness (QED) is 0.632. The van der Waals surface area contributed by atoms with Crippen LogP contribution in [0.3, 0.4) is 0 Å². The van der Waals surface area contributed by atoms with E-state index in [4.69, 9.17) is 9.47 Å². The lowest BCUT2D eigenvalue weighted by molar-refractivity contribution is -0.389. The summed E-state index contributed by atoms with van der Waals surface area (Å²) in [7, 11) is 1.14. The Hall–Kier alpha value is -2.85. The van der Waals surface area contributed by atoms with Gasteiger partial charge in [-0.05, 0) is 17.3 Å². The largest absolute Gasteiger partial charge is 0.480 e. The van der Waals surface area contributed by atoms with E-state index in [0.29, 0.717) is 0 Å². The monoisotopic (exact) mass is 356 g/mol. The fourth-order valence-electron chi connectivity index (χ4n) is 2.88. The second-order valence-electron chi connectivity index (χ2n) is 6.99. The van der Waals surface area contributed by atoms with Crippen molar-refractivity contribution in [2.75, 3.05) is 7.11 Å². The first-order valence-corrected chi connectivity index (χ1v) is 7.41. The number of ether oxygens (including phenoxy) is 2. The molecule has 0 saturated carbocycles. The molecule has 0 fully saturated rings. The number of nitrogens with zero attached hydrogens (tertiary/aromatic N) is 4. The predicted octanol–water partition coefficient (Wildman–Crippen LogP) is 1.47. The summed E-state index contributed by atoms with van der Waals surface area (Å²) in [6.45, 7) is 6.49. The third-order valence-electron chi connectivity index (χ3n) is 3.88. The van der Waals surface area contributed by atoms with Crippen LogP contribution in [-0.4, -0.2) is 55.4 Å². The van der Waals surface area contributed by atoms with Crippen molar-refractivity contribution in [2.24, 2.45) is 5.41 Å². The van der Waals surface area contributed by atoms with Gasteiger partial charge in [0.25, 0.3) is 0 Å². The van der Waals surface area contributed by atoms with E-state index in [2.05, 4.69) is 4.98 Å². The number of carbonyl (C=O) groups is 2. The van der Waals surface area contributed by atoms with Crippen molar-refractivity contribution in [1.82, 2.24) is 14.5 Å². The maximum atomic E-state index is 12.4. The number of carboxylic acid groups (broad SMARTS) is 1. The molecule has 0 radical (unpaired) electrons. The third kappa shape index (κ3) is 3.21. The lowest BCUT2D eigenvalue weighted by Gasteiger charge is -2.43. The fraction of sp³-hybridized carbons (Fsp3) is 0.643. The number of fused-ring (bicyclic) bond motifs is 1. The van der Waals surface area contributed by atoms with Crippen LogP contribution in [0.2, 0.25) is 0 Å². The number of hydrogen-bond donors (Lipinski definition) is 1. The van der Waals surface area contributed by atoms with Gasteiger partial charge in [0.05, 0.1) is 13.7 Å². The van der Waals surface area contributed by atoms with Crippen molar-refractivity contribution in [1.29, 1.82) is 0 Å². The average molecular weight is 356 g/mol. The van der Waals surface area contributed by atoms with E-state index >= 15 is 0 Å². The van der Waals surface area contributed by atoms with Crippen molar-refractivity contribution in [2.45, 2.75) is 46.0 Å². The zero-order valence-electron chi connectivity index (χ0n) is 14.5. The first-order valence-electron chi connectivity index (χ1n) is 7.41. The molecular weight excluding hydrogens is 336 g/mol. The standard InChI is InChI=1S/C14H20N4O7/c1-13(2,3)9(10(19)20)17(12(21)24-5)14(4)7-16-6-8(18(22)23)15-11(16)25-14/h6,9H,7H2,1-5H3,(H,19,20). The molecule has 11 nitrogen and oxygen atoms in total. The molecule has 1 aromatic heterocycles. The van der Waals surface area contributed by atoms with Crippen LogP contribution < -0.4 is 4.74 Å². The number of imidazole rings is 1. The number of methoxy groups -OCH3 is 1. The highest BCUT2D eigenvalue weighted by Crippen LogP contribution is 2.38. The molecular formula is C14H20N4O7. The van der Waals surface area contributed by atoms with Crippen LogP contribution in [0.4, 0.5) is 10.6 Å². The van der Waals surface area contributed by atoms with E-state index < -0.39 is 40.0 Å². The van der Waals surface area contributed by atoms with Crippen LogP contribution in [0.25, 0.3) is 0 Å². The molecule has 11 heteroatoms. The normalized spacial score (nSPS) is 20.4. The van der Waals surface area contributed by atoms with E-state index in [1.807, 2.05) is 0 Å². The van der Waals surface area contributed by atoms with Gasteiger partial charge >= 0.3 is 23.9 Å². The SMILES string of the molecule is COC(=O)N(C(C(=O)O)C(C)(C)C)C1(C)Cn2cc([N+](=O)[O-])nc2O1. The summed E-state index contributed by atoms with van der Waals surface area (Å²) >= 11 is 0. The minimum atomic E-state index is -1.43. The lowest BCUT2D eigenvalue weighted by atomic mass is 9.84. The van der Waals surface area contributed by atoms with Gasteiger partial charge in [0.2, 0.25) is 5.72 Å². The number of carbonyl (C=O) groups excluding carboxylic acids is 1. The van der Waals surface area contributed by atoms with Crippen LogP contribution in [0, 0.1) is 15.5 Å². The maximum Gasteiger partial charge on any atom is 0.416 e. The van der Waals surface area contributed by atoms with E-state index in [0.717, 1.165) is 12.0 Å². The van der Waals surface area contributed by atoms with Crippen LogP contribution >= 0.6 is 0 Å². The van der Waals surface area contributed by atoms with E-state index in [9.17, 15) is 24.8 Å². The predicted molar refractivity (Wildman–Crippen MR) is 83.0 cm³/mol. The van der Waals surface area contributed by atoms with E-state index in [-0.39, 0.29) is 12.6 Å². The Bertz CT molecular complexity index is 698. The van der Waals surface area contributed by atoms with Gasteiger partial charge in [0, 0.05) is 4.98 Å². The molecule has 2 rings (SSSR count). The van der Waals surface area contributed by atoms with Crippen LogP contribution in [0.15, 0.2) is 6.20 Å². The number of nitro groups is 1. The molecule has 1 aliphatic heterocycles. The van der Waals surface area contributed by atoms with E-state index in [1.54, 1.807) is 20.8 Å². The molecule has 1 aromatic rings. The Morgan fingerprint density at radius 2 is 2.16 bits per heavy atom. The van der Waals surface area contributed by atoms with E-state index in [1.165, 1.54) is 17.7 Å². The Balaban J connectivity index is 2.45. The van der Waals surface area contributed by atoms with Gasteiger partial charge in [-0.15, -0.1) is 0 Å². The van der Waals surface area contributed by atoms with Crippen LogP contribution in [0.1, 0.15) is 27.7 Å². The first-order chi connectivity index (χ1) is 11.4. The third-order valence-corrected chi connectivity index (χ3v) is 3.88. The Morgan fingerprint density at radius 3 is 2.56 bits per heavy atom. The molecule has 2 unspecified atom stereocenters. The topological polar surface area (TPSA) is 137 Å². The van der Waals surface area contributed by atoms with Crippen molar-refractivity contribution < 1.29 is 29.1 Å². The first kappa shape index (κ1) is 18.5. The highest BCUT2D eigenvalue weighted by molar-refractivity contribution is 5.81. The number of rotatable bonds is 4. The minimum Gasteiger partial charge on any atom is -0.480 e.